The summed E-state index contributed by atoms with van der Waals surface area (Å²) in [5.41, 5.74) is 6.28. The zero-order valence-corrected chi connectivity index (χ0v) is 12.4. The first-order valence-corrected chi connectivity index (χ1v) is 7.54. The summed E-state index contributed by atoms with van der Waals surface area (Å²) in [7, 11) is 1.70. The molecule has 1 aliphatic heterocycles. The van der Waals surface area contributed by atoms with Crippen molar-refractivity contribution in [1.82, 2.24) is 14.7 Å². The molecule has 1 unspecified atom stereocenters. The predicted octanol–water partition coefficient (Wildman–Crippen LogP) is 0.123. The van der Waals surface area contributed by atoms with Gasteiger partial charge in [-0.3, -0.25) is 9.48 Å². The van der Waals surface area contributed by atoms with Gasteiger partial charge in [0, 0.05) is 31.3 Å². The summed E-state index contributed by atoms with van der Waals surface area (Å²) in [4.78, 5) is 26.0. The molecule has 20 heavy (non-hydrogen) atoms. The Hall–Kier alpha value is -1.70. The third kappa shape index (κ3) is 2.90. The van der Waals surface area contributed by atoms with E-state index in [1.807, 2.05) is 0 Å². The highest BCUT2D eigenvalue weighted by molar-refractivity contribution is 7.99. The number of nitrogens with two attached hydrogens (primary N) is 1. The molecule has 0 aromatic carbocycles. The number of hydrogen-bond acceptors (Lipinski definition) is 6. The third-order valence-electron chi connectivity index (χ3n) is 3.01. The second kappa shape index (κ2) is 6.17. The van der Waals surface area contributed by atoms with Crippen LogP contribution >= 0.6 is 11.8 Å². The van der Waals surface area contributed by atoms with Crippen LogP contribution in [0.25, 0.3) is 0 Å². The summed E-state index contributed by atoms with van der Waals surface area (Å²) in [6.07, 6.45) is 1.57. The molecule has 1 fully saturated rings. The van der Waals surface area contributed by atoms with E-state index in [4.69, 9.17) is 10.5 Å². The van der Waals surface area contributed by atoms with Crippen LogP contribution < -0.4 is 5.73 Å². The number of esters is 1. The van der Waals surface area contributed by atoms with Crippen molar-refractivity contribution in [3.8, 4) is 0 Å². The van der Waals surface area contributed by atoms with Gasteiger partial charge in [0.05, 0.1) is 12.3 Å². The van der Waals surface area contributed by atoms with Crippen LogP contribution in [0.15, 0.2) is 6.20 Å². The zero-order chi connectivity index (χ0) is 14.7. The second-order valence-electron chi connectivity index (χ2n) is 4.45. The Morgan fingerprint density at radius 2 is 2.35 bits per heavy atom. The van der Waals surface area contributed by atoms with Gasteiger partial charge in [-0.1, -0.05) is 0 Å². The highest BCUT2D eigenvalue weighted by Crippen LogP contribution is 2.21. The van der Waals surface area contributed by atoms with E-state index in [0.717, 1.165) is 5.75 Å². The molecule has 0 aliphatic carbocycles. The molecule has 8 heteroatoms. The summed E-state index contributed by atoms with van der Waals surface area (Å²) in [5, 5.41) is 4.07. The fraction of sp³-hybridized carbons (Fsp3) is 0.583. The molecule has 2 rings (SSSR count). The summed E-state index contributed by atoms with van der Waals surface area (Å²) < 4.78 is 6.52. The Labute approximate surface area is 121 Å². The number of ether oxygens (including phenoxy) is 1. The lowest BCUT2D eigenvalue weighted by molar-refractivity contribution is -0.147. The summed E-state index contributed by atoms with van der Waals surface area (Å²) in [6.45, 7) is 2.54. The van der Waals surface area contributed by atoms with Crippen LogP contribution in [0.2, 0.25) is 0 Å². The minimum Gasteiger partial charge on any atom is -0.464 e. The lowest BCUT2D eigenvalue weighted by atomic mass is 10.2. The average molecular weight is 298 g/mol. The lowest BCUT2D eigenvalue weighted by Crippen LogP contribution is -2.51. The van der Waals surface area contributed by atoms with Gasteiger partial charge < -0.3 is 15.4 Å². The molecule has 7 nitrogen and oxygen atoms in total. The van der Waals surface area contributed by atoms with Gasteiger partial charge >= 0.3 is 5.97 Å². The predicted molar refractivity (Wildman–Crippen MR) is 76.4 cm³/mol. The first kappa shape index (κ1) is 14.7. The summed E-state index contributed by atoms with van der Waals surface area (Å²) in [5.74, 6) is 0.634. The maximum Gasteiger partial charge on any atom is 0.329 e. The van der Waals surface area contributed by atoms with Crippen molar-refractivity contribution in [2.45, 2.75) is 13.0 Å². The number of rotatable bonds is 3. The largest absolute Gasteiger partial charge is 0.464 e. The van der Waals surface area contributed by atoms with Gasteiger partial charge in [0.1, 0.15) is 6.04 Å². The molecule has 1 atom stereocenters. The van der Waals surface area contributed by atoms with Crippen LogP contribution in [0.5, 0.6) is 0 Å². The van der Waals surface area contributed by atoms with Gasteiger partial charge in [-0.2, -0.15) is 16.9 Å². The number of thioether (sulfide) groups is 1. The first-order chi connectivity index (χ1) is 9.54. The Morgan fingerprint density at radius 1 is 1.60 bits per heavy atom. The molecule has 2 N–H and O–H groups in total. The van der Waals surface area contributed by atoms with E-state index in [2.05, 4.69) is 5.10 Å². The monoisotopic (exact) mass is 298 g/mol. The van der Waals surface area contributed by atoms with E-state index in [1.54, 1.807) is 31.9 Å². The van der Waals surface area contributed by atoms with Gasteiger partial charge in [-0.15, -0.1) is 0 Å². The average Bonchev–Trinajstić information content (AvgIpc) is 2.77. The van der Waals surface area contributed by atoms with Crippen molar-refractivity contribution in [3.05, 3.63) is 11.9 Å². The van der Waals surface area contributed by atoms with E-state index >= 15 is 0 Å². The molecule has 0 spiro atoms. The standard InChI is InChI=1S/C12H18N4O3S/c1-3-19-12(18)9-7-20-5-4-16(9)11(17)10-8(13)6-15(2)14-10/h6,9H,3-5,7,13H2,1-2H3. The van der Waals surface area contributed by atoms with Crippen LogP contribution in [0.1, 0.15) is 17.4 Å². The Kier molecular flexibility index (Phi) is 4.53. The minimum atomic E-state index is -0.567. The molecule has 1 aliphatic rings. The minimum absolute atomic E-state index is 0.189. The van der Waals surface area contributed by atoms with Crippen molar-refractivity contribution in [2.75, 3.05) is 30.4 Å². The SMILES string of the molecule is CCOC(=O)C1CSCCN1C(=O)c1nn(C)cc1N. The number of aromatic nitrogens is 2. The van der Waals surface area contributed by atoms with E-state index in [1.165, 1.54) is 9.58 Å². The third-order valence-corrected chi connectivity index (χ3v) is 4.03. The number of anilines is 1. The maximum atomic E-state index is 12.5. The molecule has 1 amide bonds. The fourth-order valence-electron chi connectivity index (χ4n) is 2.09. The molecule has 0 radical (unpaired) electrons. The molecule has 2 heterocycles. The van der Waals surface area contributed by atoms with Gasteiger partial charge in [0.2, 0.25) is 0 Å². The molecule has 0 saturated carbocycles. The van der Waals surface area contributed by atoms with Gasteiger partial charge in [0.15, 0.2) is 5.69 Å². The van der Waals surface area contributed by atoms with E-state index in [0.29, 0.717) is 24.6 Å². The summed E-state index contributed by atoms with van der Waals surface area (Å²) in [6, 6.07) is -0.567. The zero-order valence-electron chi connectivity index (χ0n) is 11.5. The lowest BCUT2D eigenvalue weighted by Gasteiger charge is -2.33. The van der Waals surface area contributed by atoms with E-state index in [9.17, 15) is 9.59 Å². The number of hydrogen-bond donors (Lipinski definition) is 1. The van der Waals surface area contributed by atoms with Crippen LogP contribution in [-0.4, -0.2) is 57.3 Å². The van der Waals surface area contributed by atoms with Crippen molar-refractivity contribution < 1.29 is 14.3 Å². The maximum absolute atomic E-state index is 12.5. The molecular formula is C12H18N4O3S. The normalized spacial score (nSPS) is 18.9. The summed E-state index contributed by atoms with van der Waals surface area (Å²) >= 11 is 1.63. The number of carbonyl (C=O) groups excluding carboxylic acids is 2. The van der Waals surface area contributed by atoms with Crippen molar-refractivity contribution in [2.24, 2.45) is 7.05 Å². The fourth-order valence-corrected chi connectivity index (χ4v) is 3.12. The van der Waals surface area contributed by atoms with Crippen LogP contribution in [0.4, 0.5) is 5.69 Å². The van der Waals surface area contributed by atoms with Crippen molar-refractivity contribution in [1.29, 1.82) is 0 Å². The Balaban J connectivity index is 2.21. The number of nitrogens with zero attached hydrogens (tertiary/aromatic N) is 3. The quantitative estimate of drug-likeness (QED) is 0.797. The number of amides is 1. The van der Waals surface area contributed by atoms with E-state index < -0.39 is 6.04 Å². The molecule has 1 saturated heterocycles. The molecular weight excluding hydrogens is 280 g/mol. The van der Waals surface area contributed by atoms with Gasteiger partial charge in [0.25, 0.3) is 5.91 Å². The molecule has 1 aromatic rings. The van der Waals surface area contributed by atoms with Crippen LogP contribution in [0, 0.1) is 0 Å². The van der Waals surface area contributed by atoms with Crippen LogP contribution in [-0.2, 0) is 16.6 Å². The first-order valence-electron chi connectivity index (χ1n) is 6.39. The van der Waals surface area contributed by atoms with Crippen molar-refractivity contribution in [3.63, 3.8) is 0 Å². The number of aryl methyl sites for hydroxylation is 1. The Morgan fingerprint density at radius 3 is 2.95 bits per heavy atom. The second-order valence-corrected chi connectivity index (χ2v) is 5.60. The van der Waals surface area contributed by atoms with Gasteiger partial charge in [-0.25, -0.2) is 4.79 Å². The highest BCUT2D eigenvalue weighted by Gasteiger charge is 2.35. The van der Waals surface area contributed by atoms with Crippen LogP contribution in [0.3, 0.4) is 0 Å². The van der Waals surface area contributed by atoms with E-state index in [-0.39, 0.29) is 17.6 Å². The molecule has 1 aromatic heterocycles. The highest BCUT2D eigenvalue weighted by atomic mass is 32.2. The van der Waals surface area contributed by atoms with Gasteiger partial charge in [-0.05, 0) is 6.92 Å². The topological polar surface area (TPSA) is 90.5 Å². The molecule has 0 bridgehead atoms. The number of carbonyl (C=O) groups is 2. The number of nitrogen functional groups attached to an aromatic ring is 1. The Bertz CT molecular complexity index is 517. The van der Waals surface area contributed by atoms with Crippen molar-refractivity contribution >= 4 is 29.3 Å². The smallest absolute Gasteiger partial charge is 0.329 e. The molecule has 110 valence electrons.